The van der Waals surface area contributed by atoms with Gasteiger partial charge >= 0.3 is 0 Å². The summed E-state index contributed by atoms with van der Waals surface area (Å²) in [4.78, 5) is 4.58. The first-order valence-corrected chi connectivity index (χ1v) is 7.35. The number of hydrogen-bond donors (Lipinski definition) is 1. The topological polar surface area (TPSA) is 24.9 Å². The molecule has 1 aromatic heterocycles. The number of benzene rings is 1. The van der Waals surface area contributed by atoms with Crippen LogP contribution in [-0.2, 0) is 6.42 Å². The zero-order valence-corrected chi connectivity index (χ0v) is 13.3. The monoisotopic (exact) mass is 316 g/mol. The van der Waals surface area contributed by atoms with E-state index in [1.807, 2.05) is 13.8 Å². The highest BCUT2D eigenvalue weighted by atomic mass is 35.5. The van der Waals surface area contributed by atoms with Crippen LogP contribution in [0.25, 0.3) is 10.9 Å². The number of halogens is 3. The second-order valence-corrected chi connectivity index (χ2v) is 5.50. The molecule has 0 aliphatic carbocycles. The van der Waals surface area contributed by atoms with Crippen LogP contribution in [0.2, 0.25) is 15.1 Å². The van der Waals surface area contributed by atoms with E-state index < -0.39 is 0 Å². The van der Waals surface area contributed by atoms with Gasteiger partial charge in [-0.1, -0.05) is 41.7 Å². The minimum absolute atomic E-state index is 0.450. The summed E-state index contributed by atoms with van der Waals surface area (Å²) in [7, 11) is 0. The Morgan fingerprint density at radius 2 is 1.84 bits per heavy atom. The van der Waals surface area contributed by atoms with Crippen molar-refractivity contribution in [2.75, 3.05) is 11.9 Å². The molecule has 0 unspecified atom stereocenters. The molecule has 2 nitrogen and oxygen atoms in total. The average Bonchev–Trinajstić information content (AvgIpc) is 2.36. The van der Waals surface area contributed by atoms with Gasteiger partial charge in [0, 0.05) is 17.6 Å². The highest BCUT2D eigenvalue weighted by Crippen LogP contribution is 2.41. The van der Waals surface area contributed by atoms with Crippen molar-refractivity contribution in [2.24, 2.45) is 0 Å². The maximum Gasteiger partial charge on any atom is 0.0928 e. The van der Waals surface area contributed by atoms with Gasteiger partial charge in [0.2, 0.25) is 0 Å². The van der Waals surface area contributed by atoms with E-state index in [-0.39, 0.29) is 0 Å². The van der Waals surface area contributed by atoms with Crippen LogP contribution in [0.15, 0.2) is 6.07 Å². The number of aryl methyl sites for hydroxylation is 1. The Bertz CT molecular complexity index is 639. The Morgan fingerprint density at radius 1 is 1.16 bits per heavy atom. The first-order valence-electron chi connectivity index (χ1n) is 6.21. The van der Waals surface area contributed by atoms with Crippen molar-refractivity contribution < 1.29 is 0 Å². The number of nitrogens with one attached hydrogen (secondary N) is 1. The van der Waals surface area contributed by atoms with E-state index in [9.17, 15) is 0 Å². The van der Waals surface area contributed by atoms with Crippen molar-refractivity contribution in [3.05, 3.63) is 32.4 Å². The van der Waals surface area contributed by atoms with Crippen LogP contribution in [0, 0.1) is 6.92 Å². The predicted octanol–water partition coefficient (Wildman–Crippen LogP) is 5.50. The second-order valence-electron chi connectivity index (χ2n) is 4.31. The molecule has 0 amide bonds. The van der Waals surface area contributed by atoms with Gasteiger partial charge in [-0.2, -0.15) is 0 Å². The fourth-order valence-corrected chi connectivity index (χ4v) is 3.04. The molecule has 1 heterocycles. The molecule has 0 aliphatic heterocycles. The van der Waals surface area contributed by atoms with Gasteiger partial charge in [-0.25, -0.2) is 0 Å². The van der Waals surface area contributed by atoms with Gasteiger partial charge < -0.3 is 5.32 Å². The van der Waals surface area contributed by atoms with E-state index in [4.69, 9.17) is 34.8 Å². The summed E-state index contributed by atoms with van der Waals surface area (Å²) in [5, 5.41) is 5.64. The molecule has 0 bridgehead atoms. The largest absolute Gasteiger partial charge is 0.384 e. The van der Waals surface area contributed by atoms with Gasteiger partial charge in [-0.05, 0) is 31.9 Å². The number of hydrogen-bond acceptors (Lipinski definition) is 2. The summed E-state index contributed by atoms with van der Waals surface area (Å²) in [6.07, 6.45) is 0.873. The average molecular weight is 318 g/mol. The van der Waals surface area contributed by atoms with Crippen LogP contribution in [0.3, 0.4) is 0 Å². The molecule has 0 fully saturated rings. The van der Waals surface area contributed by atoms with Gasteiger partial charge in [-0.3, -0.25) is 4.98 Å². The Morgan fingerprint density at radius 3 is 2.42 bits per heavy atom. The lowest BCUT2D eigenvalue weighted by Crippen LogP contribution is -2.05. The smallest absolute Gasteiger partial charge is 0.0928 e. The SMILES string of the molecule is CCNc1c(CC)c(C)nc2c(Cl)cc(Cl)c(Cl)c12. The quantitative estimate of drug-likeness (QED) is 0.756. The Hall–Kier alpha value is -0.700. The summed E-state index contributed by atoms with van der Waals surface area (Å²) in [6, 6.07) is 1.64. The van der Waals surface area contributed by atoms with Crippen molar-refractivity contribution in [3.8, 4) is 0 Å². The van der Waals surface area contributed by atoms with E-state index in [0.717, 1.165) is 35.3 Å². The summed E-state index contributed by atoms with van der Waals surface area (Å²) >= 11 is 18.7. The lowest BCUT2D eigenvalue weighted by Gasteiger charge is -2.17. The molecular weight excluding hydrogens is 303 g/mol. The van der Waals surface area contributed by atoms with Crippen molar-refractivity contribution in [2.45, 2.75) is 27.2 Å². The van der Waals surface area contributed by atoms with Crippen molar-refractivity contribution in [1.82, 2.24) is 4.98 Å². The number of fused-ring (bicyclic) bond motifs is 1. The first-order chi connectivity index (χ1) is 9.01. The van der Waals surface area contributed by atoms with E-state index in [2.05, 4.69) is 17.2 Å². The van der Waals surface area contributed by atoms with Crippen molar-refractivity contribution in [1.29, 1.82) is 0 Å². The van der Waals surface area contributed by atoms with Gasteiger partial charge in [0.15, 0.2) is 0 Å². The molecular formula is C14H15Cl3N2. The Labute approximate surface area is 128 Å². The molecule has 0 saturated carbocycles. The molecule has 0 saturated heterocycles. The summed E-state index contributed by atoms with van der Waals surface area (Å²) < 4.78 is 0. The molecule has 0 atom stereocenters. The zero-order chi connectivity index (χ0) is 14.2. The molecule has 2 aromatic rings. The molecule has 1 aromatic carbocycles. The van der Waals surface area contributed by atoms with Crippen LogP contribution in [0.1, 0.15) is 25.1 Å². The minimum atomic E-state index is 0.450. The minimum Gasteiger partial charge on any atom is -0.384 e. The first kappa shape index (κ1) is 14.7. The van der Waals surface area contributed by atoms with Crippen LogP contribution < -0.4 is 5.32 Å². The Balaban J connectivity index is 2.97. The standard InChI is InChI=1S/C14H15Cl3N2/c1-4-8-7(3)19-14-10(16)6-9(15)12(17)11(14)13(8)18-5-2/h6H,4-5H2,1-3H3,(H,18,19). The van der Waals surface area contributed by atoms with Gasteiger partial charge in [-0.15, -0.1) is 0 Å². The molecule has 5 heteroatoms. The summed E-state index contributed by atoms with van der Waals surface area (Å²) in [6.45, 7) is 6.92. The molecule has 102 valence electrons. The lowest BCUT2D eigenvalue weighted by molar-refractivity contribution is 1.06. The molecule has 0 spiro atoms. The zero-order valence-electron chi connectivity index (χ0n) is 11.1. The van der Waals surface area contributed by atoms with Crippen molar-refractivity contribution in [3.63, 3.8) is 0 Å². The van der Waals surface area contributed by atoms with Crippen LogP contribution in [-0.4, -0.2) is 11.5 Å². The Kier molecular flexibility index (Phi) is 4.44. The maximum absolute atomic E-state index is 6.35. The van der Waals surface area contributed by atoms with E-state index in [1.54, 1.807) is 6.07 Å². The van der Waals surface area contributed by atoms with Gasteiger partial charge in [0.25, 0.3) is 0 Å². The van der Waals surface area contributed by atoms with Gasteiger partial charge in [0.05, 0.1) is 26.3 Å². The van der Waals surface area contributed by atoms with Crippen LogP contribution in [0.4, 0.5) is 5.69 Å². The van der Waals surface area contributed by atoms with Crippen molar-refractivity contribution >= 4 is 51.4 Å². The fourth-order valence-electron chi connectivity index (χ4n) is 2.29. The number of rotatable bonds is 3. The molecule has 19 heavy (non-hydrogen) atoms. The number of pyridine rings is 1. The van der Waals surface area contributed by atoms with Crippen LogP contribution in [0.5, 0.6) is 0 Å². The van der Waals surface area contributed by atoms with E-state index in [0.29, 0.717) is 20.6 Å². The fraction of sp³-hybridized carbons (Fsp3) is 0.357. The highest BCUT2D eigenvalue weighted by Gasteiger charge is 2.17. The van der Waals surface area contributed by atoms with Crippen LogP contribution >= 0.6 is 34.8 Å². The maximum atomic E-state index is 6.35. The highest BCUT2D eigenvalue weighted by molar-refractivity contribution is 6.48. The number of nitrogens with zero attached hydrogens (tertiary/aromatic N) is 1. The third-order valence-electron chi connectivity index (χ3n) is 3.12. The molecule has 0 radical (unpaired) electrons. The van der Waals surface area contributed by atoms with Gasteiger partial charge in [0.1, 0.15) is 0 Å². The van der Waals surface area contributed by atoms with E-state index >= 15 is 0 Å². The lowest BCUT2D eigenvalue weighted by atomic mass is 10.0. The third kappa shape index (κ3) is 2.49. The number of aromatic nitrogens is 1. The second kappa shape index (κ2) is 5.74. The molecule has 0 aliphatic rings. The summed E-state index contributed by atoms with van der Waals surface area (Å²) in [5.74, 6) is 0. The third-order valence-corrected chi connectivity index (χ3v) is 4.20. The molecule has 2 rings (SSSR count). The molecule has 1 N–H and O–H groups in total. The van der Waals surface area contributed by atoms with E-state index in [1.165, 1.54) is 0 Å². The summed E-state index contributed by atoms with van der Waals surface area (Å²) in [5.41, 5.74) is 3.80. The number of anilines is 1. The predicted molar refractivity (Wildman–Crippen MR) is 85.1 cm³/mol. The normalized spacial score (nSPS) is 11.1.